The molecule has 15 heavy (non-hydrogen) atoms. The van der Waals surface area contributed by atoms with Crippen LogP contribution in [0.15, 0.2) is 0 Å². The number of nitrogens with two attached hydrogens (primary N) is 1. The van der Waals surface area contributed by atoms with Crippen LogP contribution in [0.2, 0.25) is 0 Å². The fourth-order valence-electron chi connectivity index (χ4n) is 2.08. The van der Waals surface area contributed by atoms with Crippen molar-refractivity contribution in [2.24, 2.45) is 5.73 Å². The van der Waals surface area contributed by atoms with E-state index in [0.29, 0.717) is 24.2 Å². The summed E-state index contributed by atoms with van der Waals surface area (Å²) in [6, 6.07) is 0.490. The number of nitrogens with zero attached hydrogens (tertiary/aromatic N) is 1. The highest BCUT2D eigenvalue weighted by atomic mass is 32.2. The number of rotatable bonds is 5. The molecule has 0 saturated carbocycles. The standard InChI is InChI=1S/C11H22N2OS/c1-2-10-5-3-4-7-13(10)11(14)9-15-8-6-12/h10H,2-9,12H2,1H3. The average molecular weight is 230 g/mol. The molecular formula is C11H22N2OS. The minimum atomic E-state index is 0.306. The van der Waals surface area contributed by atoms with Gasteiger partial charge in [-0.15, -0.1) is 0 Å². The Balaban J connectivity index is 2.34. The largest absolute Gasteiger partial charge is 0.339 e. The van der Waals surface area contributed by atoms with Crippen LogP contribution in [-0.2, 0) is 4.79 Å². The van der Waals surface area contributed by atoms with Gasteiger partial charge in [-0.05, 0) is 25.7 Å². The van der Waals surface area contributed by atoms with Gasteiger partial charge in [-0.1, -0.05) is 6.92 Å². The molecule has 0 aliphatic carbocycles. The van der Waals surface area contributed by atoms with E-state index in [4.69, 9.17) is 5.73 Å². The van der Waals surface area contributed by atoms with Crippen molar-refractivity contribution in [1.82, 2.24) is 4.90 Å². The van der Waals surface area contributed by atoms with Gasteiger partial charge < -0.3 is 10.6 Å². The predicted octanol–water partition coefficient (Wildman–Crippen LogP) is 1.47. The van der Waals surface area contributed by atoms with Crippen LogP contribution in [0.1, 0.15) is 32.6 Å². The molecule has 0 spiro atoms. The molecule has 1 atom stereocenters. The highest BCUT2D eigenvalue weighted by Gasteiger charge is 2.24. The number of hydrogen-bond donors (Lipinski definition) is 1. The maximum absolute atomic E-state index is 11.9. The first kappa shape index (κ1) is 12.8. The zero-order valence-electron chi connectivity index (χ0n) is 9.58. The molecule has 88 valence electrons. The van der Waals surface area contributed by atoms with Gasteiger partial charge in [-0.25, -0.2) is 0 Å². The monoisotopic (exact) mass is 230 g/mol. The maximum atomic E-state index is 11.9. The van der Waals surface area contributed by atoms with Gasteiger partial charge in [0.2, 0.25) is 5.91 Å². The summed E-state index contributed by atoms with van der Waals surface area (Å²) in [6.45, 7) is 3.79. The van der Waals surface area contributed by atoms with Gasteiger partial charge in [-0.2, -0.15) is 11.8 Å². The fraction of sp³-hybridized carbons (Fsp3) is 0.909. The van der Waals surface area contributed by atoms with Crippen molar-refractivity contribution >= 4 is 17.7 Å². The van der Waals surface area contributed by atoms with Crippen LogP contribution in [0.3, 0.4) is 0 Å². The van der Waals surface area contributed by atoms with Crippen molar-refractivity contribution in [1.29, 1.82) is 0 Å². The summed E-state index contributed by atoms with van der Waals surface area (Å²) in [5, 5.41) is 0. The Morgan fingerprint density at radius 2 is 2.33 bits per heavy atom. The van der Waals surface area contributed by atoms with Crippen molar-refractivity contribution in [3.05, 3.63) is 0 Å². The Labute approximate surface area is 96.8 Å². The highest BCUT2D eigenvalue weighted by molar-refractivity contribution is 7.99. The van der Waals surface area contributed by atoms with E-state index < -0.39 is 0 Å². The lowest BCUT2D eigenvalue weighted by atomic mass is 10.0. The van der Waals surface area contributed by atoms with Crippen molar-refractivity contribution < 1.29 is 4.79 Å². The van der Waals surface area contributed by atoms with Gasteiger partial charge in [0.25, 0.3) is 0 Å². The summed E-state index contributed by atoms with van der Waals surface area (Å²) in [5.41, 5.74) is 5.40. The molecule has 3 nitrogen and oxygen atoms in total. The number of carbonyl (C=O) groups excluding carboxylic acids is 1. The van der Waals surface area contributed by atoms with E-state index in [0.717, 1.165) is 18.7 Å². The second kappa shape index (κ2) is 7.12. The third-order valence-corrected chi connectivity index (χ3v) is 3.88. The van der Waals surface area contributed by atoms with Gasteiger partial charge >= 0.3 is 0 Å². The molecule has 0 aromatic carbocycles. The molecule has 1 unspecified atom stereocenters. The minimum absolute atomic E-state index is 0.306. The Bertz CT molecular complexity index is 199. The van der Waals surface area contributed by atoms with E-state index in [2.05, 4.69) is 11.8 Å². The number of likely N-dealkylation sites (tertiary alicyclic amines) is 1. The molecule has 1 aliphatic rings. The summed E-state index contributed by atoms with van der Waals surface area (Å²) < 4.78 is 0. The number of piperidine rings is 1. The summed E-state index contributed by atoms with van der Waals surface area (Å²) in [5.74, 6) is 1.80. The normalized spacial score (nSPS) is 21.7. The van der Waals surface area contributed by atoms with Crippen LogP contribution in [0.25, 0.3) is 0 Å². The molecule has 1 amide bonds. The van der Waals surface area contributed by atoms with Crippen LogP contribution < -0.4 is 5.73 Å². The van der Waals surface area contributed by atoms with Gasteiger partial charge in [-0.3, -0.25) is 4.79 Å². The number of thioether (sulfide) groups is 1. The van der Waals surface area contributed by atoms with Crippen molar-refractivity contribution in [3.8, 4) is 0 Å². The third-order valence-electron chi connectivity index (χ3n) is 2.91. The molecule has 2 N–H and O–H groups in total. The Morgan fingerprint density at radius 1 is 1.53 bits per heavy atom. The van der Waals surface area contributed by atoms with Gasteiger partial charge in [0.05, 0.1) is 5.75 Å². The summed E-state index contributed by atoms with van der Waals surface area (Å²) in [6.07, 6.45) is 4.72. The Kier molecular flexibility index (Phi) is 6.10. The molecule has 0 aromatic heterocycles. The van der Waals surface area contributed by atoms with E-state index >= 15 is 0 Å². The van der Waals surface area contributed by atoms with Crippen molar-refractivity contribution in [3.63, 3.8) is 0 Å². The van der Waals surface area contributed by atoms with Crippen LogP contribution in [-0.4, -0.2) is 41.4 Å². The zero-order valence-corrected chi connectivity index (χ0v) is 10.4. The first-order chi connectivity index (χ1) is 7.29. The molecule has 1 saturated heterocycles. The first-order valence-corrected chi connectivity index (χ1v) is 7.02. The van der Waals surface area contributed by atoms with Crippen LogP contribution in [0.4, 0.5) is 0 Å². The molecule has 1 fully saturated rings. The molecule has 1 heterocycles. The van der Waals surface area contributed by atoms with E-state index in [1.807, 2.05) is 0 Å². The number of hydrogen-bond acceptors (Lipinski definition) is 3. The lowest BCUT2D eigenvalue weighted by Gasteiger charge is -2.35. The van der Waals surface area contributed by atoms with Gasteiger partial charge in [0.1, 0.15) is 0 Å². The first-order valence-electron chi connectivity index (χ1n) is 5.86. The van der Waals surface area contributed by atoms with E-state index in [1.165, 1.54) is 19.3 Å². The lowest BCUT2D eigenvalue weighted by molar-refractivity contribution is -0.132. The van der Waals surface area contributed by atoms with Crippen LogP contribution in [0.5, 0.6) is 0 Å². The van der Waals surface area contributed by atoms with E-state index in [9.17, 15) is 4.79 Å². The van der Waals surface area contributed by atoms with Gasteiger partial charge in [0, 0.05) is 24.9 Å². The molecular weight excluding hydrogens is 208 g/mol. The maximum Gasteiger partial charge on any atom is 0.232 e. The predicted molar refractivity (Wildman–Crippen MR) is 66.0 cm³/mol. The average Bonchev–Trinajstić information content (AvgIpc) is 2.29. The SMILES string of the molecule is CCC1CCCCN1C(=O)CSCCN. The van der Waals surface area contributed by atoms with E-state index in [1.54, 1.807) is 11.8 Å². The second-order valence-corrected chi connectivity index (χ2v) is 5.09. The molecule has 1 aliphatic heterocycles. The van der Waals surface area contributed by atoms with Crippen molar-refractivity contribution in [2.45, 2.75) is 38.6 Å². The highest BCUT2D eigenvalue weighted by Crippen LogP contribution is 2.20. The number of carbonyl (C=O) groups is 1. The van der Waals surface area contributed by atoms with E-state index in [-0.39, 0.29) is 0 Å². The lowest BCUT2D eigenvalue weighted by Crippen LogP contribution is -2.44. The van der Waals surface area contributed by atoms with Gasteiger partial charge in [0.15, 0.2) is 0 Å². The molecule has 4 heteroatoms. The smallest absolute Gasteiger partial charge is 0.232 e. The third kappa shape index (κ3) is 4.03. The molecule has 1 rings (SSSR count). The zero-order chi connectivity index (χ0) is 11.1. The summed E-state index contributed by atoms with van der Waals surface area (Å²) in [4.78, 5) is 14.0. The van der Waals surface area contributed by atoms with Crippen LogP contribution >= 0.6 is 11.8 Å². The quantitative estimate of drug-likeness (QED) is 0.728. The number of amides is 1. The fourth-order valence-corrected chi connectivity index (χ4v) is 2.73. The summed E-state index contributed by atoms with van der Waals surface area (Å²) in [7, 11) is 0. The Hall–Kier alpha value is -0.220. The molecule has 0 bridgehead atoms. The molecule has 0 radical (unpaired) electrons. The topological polar surface area (TPSA) is 46.3 Å². The minimum Gasteiger partial charge on any atom is -0.339 e. The molecule has 0 aromatic rings. The Morgan fingerprint density at radius 3 is 3.00 bits per heavy atom. The summed E-state index contributed by atoms with van der Waals surface area (Å²) >= 11 is 1.65. The van der Waals surface area contributed by atoms with Crippen molar-refractivity contribution in [2.75, 3.05) is 24.6 Å². The van der Waals surface area contributed by atoms with Crippen LogP contribution in [0, 0.1) is 0 Å². The second-order valence-electron chi connectivity index (χ2n) is 3.99.